The Morgan fingerprint density at radius 3 is 2.23 bits per heavy atom. The molecule has 9 heteroatoms. The number of sulfonamides is 1. The number of aromatic amines is 1. The lowest BCUT2D eigenvalue weighted by Gasteiger charge is -2.24. The Balaban J connectivity index is 1.55. The van der Waals surface area contributed by atoms with Crippen molar-refractivity contribution < 1.29 is 17.9 Å². The molecule has 0 aliphatic rings. The van der Waals surface area contributed by atoms with Gasteiger partial charge < -0.3 is 10.5 Å². The molecule has 0 saturated heterocycles. The van der Waals surface area contributed by atoms with Crippen LogP contribution in [0.1, 0.15) is 16.7 Å². The number of fused-ring (bicyclic) bond motifs is 1. The van der Waals surface area contributed by atoms with Gasteiger partial charge in [0, 0.05) is 5.39 Å². The van der Waals surface area contributed by atoms with Gasteiger partial charge in [-0.2, -0.15) is 9.40 Å². The molecule has 0 aliphatic heterocycles. The summed E-state index contributed by atoms with van der Waals surface area (Å²) < 4.78 is 34.6. The molecule has 5 rings (SSSR count). The predicted molar refractivity (Wildman–Crippen MR) is 151 cm³/mol. The normalized spacial score (nSPS) is 12.3. The van der Waals surface area contributed by atoms with Gasteiger partial charge >= 0.3 is 0 Å². The van der Waals surface area contributed by atoms with Crippen LogP contribution in [0, 0.1) is 6.92 Å². The molecule has 5 aromatic rings. The van der Waals surface area contributed by atoms with Crippen LogP contribution in [-0.4, -0.2) is 30.6 Å². The number of amides is 1. The third-order valence-electron chi connectivity index (χ3n) is 6.33. The third-order valence-corrected chi connectivity index (χ3v) is 8.03. The molecule has 8 nitrogen and oxygen atoms in total. The van der Waals surface area contributed by atoms with Crippen LogP contribution in [-0.2, 0) is 27.8 Å². The Morgan fingerprint density at radius 1 is 0.923 bits per heavy atom. The smallest absolute Gasteiger partial charge is 0.272 e. The highest BCUT2D eigenvalue weighted by Gasteiger charge is 2.37. The summed E-state index contributed by atoms with van der Waals surface area (Å²) in [5.74, 6) is -0.351. The highest BCUT2D eigenvalue weighted by molar-refractivity contribution is 7.93. The molecule has 1 aromatic heterocycles. The topological polar surface area (TPSA) is 118 Å². The van der Waals surface area contributed by atoms with E-state index in [0.29, 0.717) is 27.6 Å². The second kappa shape index (κ2) is 11.1. The number of carbonyl (C=O) groups excluding carboxylic acids is 1. The fraction of sp³-hybridized carbons (Fsp3) is 0.133. The van der Waals surface area contributed by atoms with Gasteiger partial charge in [0.2, 0.25) is 0 Å². The fourth-order valence-corrected chi connectivity index (χ4v) is 5.65. The summed E-state index contributed by atoms with van der Waals surface area (Å²) in [6.45, 7) is 2.18. The summed E-state index contributed by atoms with van der Waals surface area (Å²) >= 11 is 0. The van der Waals surface area contributed by atoms with Gasteiger partial charge in [0.05, 0.1) is 16.5 Å². The van der Waals surface area contributed by atoms with Gasteiger partial charge in [-0.3, -0.25) is 9.89 Å². The SMILES string of the molecule is Cc1ccc(S(=O)(=O)N(C(=O)[C@@H](N)Cc2ccccc2)c2n[nH]c3ccc(OCc4ccccc4)cc23)cc1. The molecule has 0 bridgehead atoms. The van der Waals surface area contributed by atoms with Gasteiger partial charge in [-0.25, -0.2) is 8.42 Å². The molecule has 39 heavy (non-hydrogen) atoms. The first-order valence-corrected chi connectivity index (χ1v) is 13.9. The van der Waals surface area contributed by atoms with E-state index in [0.717, 1.165) is 16.7 Å². The number of ether oxygens (including phenoxy) is 1. The Morgan fingerprint density at radius 2 is 1.56 bits per heavy atom. The zero-order valence-electron chi connectivity index (χ0n) is 21.3. The summed E-state index contributed by atoms with van der Waals surface area (Å²) in [4.78, 5) is 13.8. The molecule has 0 unspecified atom stereocenters. The number of nitrogens with zero attached hydrogens (tertiary/aromatic N) is 2. The zero-order valence-corrected chi connectivity index (χ0v) is 22.1. The van der Waals surface area contributed by atoms with Gasteiger partial charge in [0.25, 0.3) is 15.9 Å². The Hall–Kier alpha value is -4.47. The van der Waals surface area contributed by atoms with Crippen LogP contribution in [0.15, 0.2) is 108 Å². The van der Waals surface area contributed by atoms with Crippen molar-refractivity contribution in [2.24, 2.45) is 5.73 Å². The summed E-state index contributed by atoms with van der Waals surface area (Å²) in [6.07, 6.45) is 0.160. The van der Waals surface area contributed by atoms with Crippen molar-refractivity contribution in [3.63, 3.8) is 0 Å². The number of hydrogen-bond acceptors (Lipinski definition) is 6. The van der Waals surface area contributed by atoms with Crippen molar-refractivity contribution in [1.29, 1.82) is 0 Å². The minimum absolute atomic E-state index is 0.0407. The summed E-state index contributed by atoms with van der Waals surface area (Å²) in [5.41, 5.74) is 9.55. The van der Waals surface area contributed by atoms with Crippen LogP contribution in [0.25, 0.3) is 10.9 Å². The van der Waals surface area contributed by atoms with Crippen LogP contribution in [0.5, 0.6) is 5.75 Å². The first-order valence-electron chi connectivity index (χ1n) is 12.4. The van der Waals surface area contributed by atoms with Crippen LogP contribution < -0.4 is 14.8 Å². The van der Waals surface area contributed by atoms with Crippen molar-refractivity contribution >= 4 is 32.7 Å². The maximum atomic E-state index is 13.9. The number of H-pyrrole nitrogens is 1. The average Bonchev–Trinajstić information content (AvgIpc) is 3.36. The first kappa shape index (κ1) is 26.1. The second-order valence-corrected chi connectivity index (χ2v) is 11.0. The van der Waals surface area contributed by atoms with Crippen molar-refractivity contribution in [1.82, 2.24) is 10.2 Å². The zero-order chi connectivity index (χ0) is 27.4. The van der Waals surface area contributed by atoms with E-state index in [9.17, 15) is 13.2 Å². The van der Waals surface area contributed by atoms with Crippen LogP contribution in [0.4, 0.5) is 5.82 Å². The molecule has 0 fully saturated rings. The van der Waals surface area contributed by atoms with Gasteiger partial charge in [-0.05, 0) is 54.8 Å². The standard InChI is InChI=1S/C30H28N4O4S/c1-21-12-15-25(16-13-21)39(36,37)34(30(35)27(31)18-22-8-4-2-5-9-22)29-26-19-24(14-17-28(26)32-33-29)38-20-23-10-6-3-7-11-23/h2-17,19,27H,18,20,31H2,1H3,(H,32,33)/t27-/m0/s1. The van der Waals surface area contributed by atoms with Crippen LogP contribution >= 0.6 is 0 Å². The number of benzene rings is 4. The molecule has 1 heterocycles. The first-order chi connectivity index (χ1) is 18.8. The molecule has 4 aromatic carbocycles. The van der Waals surface area contributed by atoms with E-state index in [4.69, 9.17) is 10.5 Å². The average molecular weight is 541 g/mol. The van der Waals surface area contributed by atoms with Gasteiger partial charge in [0.15, 0.2) is 5.82 Å². The van der Waals surface area contributed by atoms with E-state index in [2.05, 4.69) is 10.2 Å². The van der Waals surface area contributed by atoms with E-state index in [1.165, 1.54) is 12.1 Å². The molecule has 1 amide bonds. The van der Waals surface area contributed by atoms with Gasteiger partial charge in [-0.15, -0.1) is 0 Å². The fourth-order valence-electron chi connectivity index (χ4n) is 4.22. The third kappa shape index (κ3) is 5.69. The summed E-state index contributed by atoms with van der Waals surface area (Å²) in [6, 6.07) is 29.2. The lowest BCUT2D eigenvalue weighted by atomic mass is 10.1. The maximum Gasteiger partial charge on any atom is 0.272 e. The molecule has 0 aliphatic carbocycles. The lowest BCUT2D eigenvalue weighted by molar-refractivity contribution is -0.118. The molecule has 0 saturated carbocycles. The largest absolute Gasteiger partial charge is 0.489 e. The molecule has 0 spiro atoms. The van der Waals surface area contributed by atoms with E-state index in [1.807, 2.05) is 67.6 Å². The van der Waals surface area contributed by atoms with E-state index in [-0.39, 0.29) is 17.1 Å². The molecule has 1 atom stereocenters. The molecule has 0 radical (unpaired) electrons. The quantitative estimate of drug-likeness (QED) is 0.279. The van der Waals surface area contributed by atoms with Gasteiger partial charge in [-0.1, -0.05) is 78.4 Å². The van der Waals surface area contributed by atoms with Crippen molar-refractivity contribution in [3.05, 3.63) is 120 Å². The van der Waals surface area contributed by atoms with E-state index >= 15 is 0 Å². The summed E-state index contributed by atoms with van der Waals surface area (Å²) in [7, 11) is -4.36. The number of hydrogen-bond donors (Lipinski definition) is 2. The lowest BCUT2D eigenvalue weighted by Crippen LogP contribution is -2.48. The van der Waals surface area contributed by atoms with E-state index < -0.39 is 22.0 Å². The Kier molecular flexibility index (Phi) is 7.44. The van der Waals surface area contributed by atoms with Gasteiger partial charge in [0.1, 0.15) is 12.4 Å². The molecular weight excluding hydrogens is 512 g/mol. The Labute approximate surface area is 227 Å². The number of nitrogens with two attached hydrogens (primary N) is 1. The number of aromatic nitrogens is 2. The monoisotopic (exact) mass is 540 g/mol. The molecule has 198 valence electrons. The second-order valence-electron chi connectivity index (χ2n) is 9.25. The minimum Gasteiger partial charge on any atom is -0.489 e. The van der Waals surface area contributed by atoms with Crippen molar-refractivity contribution in [3.8, 4) is 5.75 Å². The van der Waals surface area contributed by atoms with E-state index in [1.54, 1.807) is 30.3 Å². The Bertz CT molecular complexity index is 1690. The number of rotatable bonds is 9. The molecular formula is C30H28N4O4S. The number of nitrogens with one attached hydrogen (secondary N) is 1. The number of anilines is 1. The van der Waals surface area contributed by atoms with Crippen molar-refractivity contribution in [2.45, 2.75) is 30.9 Å². The van der Waals surface area contributed by atoms with Crippen molar-refractivity contribution in [2.75, 3.05) is 4.31 Å². The minimum atomic E-state index is -4.36. The summed E-state index contributed by atoms with van der Waals surface area (Å²) in [5, 5.41) is 7.52. The van der Waals surface area contributed by atoms with Crippen LogP contribution in [0.3, 0.4) is 0 Å². The maximum absolute atomic E-state index is 13.9. The highest BCUT2D eigenvalue weighted by Crippen LogP contribution is 2.32. The number of aryl methyl sites for hydroxylation is 1. The highest BCUT2D eigenvalue weighted by atomic mass is 32.2. The number of carbonyl (C=O) groups is 1. The molecule has 3 N–H and O–H groups in total. The predicted octanol–water partition coefficient (Wildman–Crippen LogP) is 4.74. The van der Waals surface area contributed by atoms with Crippen LogP contribution in [0.2, 0.25) is 0 Å².